The molecule has 0 aliphatic carbocycles. The van der Waals surface area contributed by atoms with E-state index in [1.807, 2.05) is 26.8 Å². The van der Waals surface area contributed by atoms with Crippen LogP contribution in [0, 0.1) is 6.92 Å². The van der Waals surface area contributed by atoms with Crippen molar-refractivity contribution in [2.24, 2.45) is 0 Å². The van der Waals surface area contributed by atoms with Crippen molar-refractivity contribution < 1.29 is 9.53 Å². The van der Waals surface area contributed by atoms with E-state index < -0.39 is 5.60 Å². The number of ether oxygens (including phenoxy) is 1. The van der Waals surface area contributed by atoms with Crippen LogP contribution in [0.2, 0.25) is 5.02 Å². The highest BCUT2D eigenvalue weighted by atomic mass is 79.9. The first-order valence-electron chi connectivity index (χ1n) is 7.90. The van der Waals surface area contributed by atoms with Crippen LogP contribution in [0.25, 0.3) is 0 Å². The van der Waals surface area contributed by atoms with Gasteiger partial charge in [-0.15, -0.1) is 0 Å². The first-order valence-corrected chi connectivity index (χ1v) is 9.07. The molecule has 2 heterocycles. The average Bonchev–Trinajstić information content (AvgIpc) is 2.82. The Morgan fingerprint density at radius 1 is 1.48 bits per heavy atom. The molecule has 2 aliphatic rings. The number of nitrogens with zero attached hydrogens (tertiary/aromatic N) is 1. The Kier molecular flexibility index (Phi) is 4.30. The molecule has 1 saturated heterocycles. The van der Waals surface area contributed by atoms with E-state index in [1.165, 1.54) is 5.56 Å². The minimum atomic E-state index is -0.475. The van der Waals surface area contributed by atoms with Crippen LogP contribution in [0.3, 0.4) is 0 Å². The second kappa shape index (κ2) is 5.85. The summed E-state index contributed by atoms with van der Waals surface area (Å²) in [6.45, 7) is 9.09. The summed E-state index contributed by atoms with van der Waals surface area (Å²) in [6, 6.07) is 2.37. The number of benzene rings is 1. The maximum absolute atomic E-state index is 12.4. The normalized spacial score (nSPS) is 23.1. The number of carbonyl (C=O) groups is 1. The molecule has 2 atom stereocenters. The van der Waals surface area contributed by atoms with Gasteiger partial charge in [0.25, 0.3) is 0 Å². The Morgan fingerprint density at radius 3 is 2.83 bits per heavy atom. The van der Waals surface area contributed by atoms with Crippen molar-refractivity contribution in [3.8, 4) is 0 Å². The molecule has 4 nitrogen and oxygen atoms in total. The van der Waals surface area contributed by atoms with Gasteiger partial charge in [0.15, 0.2) is 0 Å². The van der Waals surface area contributed by atoms with Gasteiger partial charge in [0, 0.05) is 40.8 Å². The third-order valence-corrected chi connectivity index (χ3v) is 5.68. The van der Waals surface area contributed by atoms with Crippen LogP contribution in [0.5, 0.6) is 0 Å². The van der Waals surface area contributed by atoms with Gasteiger partial charge in [-0.1, -0.05) is 11.6 Å². The predicted octanol–water partition coefficient (Wildman–Crippen LogP) is 4.93. The predicted molar refractivity (Wildman–Crippen MR) is 96.5 cm³/mol. The first kappa shape index (κ1) is 16.9. The fourth-order valence-electron chi connectivity index (χ4n) is 3.41. The molecular weight excluding hydrogens is 380 g/mol. The van der Waals surface area contributed by atoms with Gasteiger partial charge < -0.3 is 15.0 Å². The van der Waals surface area contributed by atoms with Crippen molar-refractivity contribution >= 4 is 39.3 Å². The summed E-state index contributed by atoms with van der Waals surface area (Å²) in [5.41, 5.74) is 2.95. The first-order chi connectivity index (χ1) is 10.7. The van der Waals surface area contributed by atoms with E-state index in [-0.39, 0.29) is 12.0 Å². The Hall–Kier alpha value is -0.940. The Balaban J connectivity index is 1.86. The lowest BCUT2D eigenvalue weighted by molar-refractivity contribution is 0.0195. The van der Waals surface area contributed by atoms with Crippen LogP contribution in [-0.2, 0) is 4.74 Å². The highest BCUT2D eigenvalue weighted by Gasteiger charge is 2.41. The van der Waals surface area contributed by atoms with Crippen molar-refractivity contribution in [1.29, 1.82) is 0 Å². The van der Waals surface area contributed by atoms with Crippen molar-refractivity contribution in [2.45, 2.75) is 51.7 Å². The fraction of sp³-hybridized carbons (Fsp3) is 0.588. The van der Waals surface area contributed by atoms with E-state index in [0.29, 0.717) is 19.1 Å². The number of amides is 1. The van der Waals surface area contributed by atoms with Crippen molar-refractivity contribution in [1.82, 2.24) is 4.90 Å². The van der Waals surface area contributed by atoms with E-state index in [2.05, 4.69) is 28.2 Å². The highest BCUT2D eigenvalue weighted by Crippen LogP contribution is 2.47. The molecular formula is C17H22BrClN2O2. The van der Waals surface area contributed by atoms with Crippen LogP contribution in [0.4, 0.5) is 10.5 Å². The van der Waals surface area contributed by atoms with Gasteiger partial charge in [-0.05, 0) is 61.7 Å². The maximum Gasteiger partial charge on any atom is 0.410 e. The van der Waals surface area contributed by atoms with Crippen LogP contribution in [-0.4, -0.2) is 35.7 Å². The van der Waals surface area contributed by atoms with Gasteiger partial charge in [0.1, 0.15) is 5.60 Å². The summed E-state index contributed by atoms with van der Waals surface area (Å²) < 4.78 is 6.43. The van der Waals surface area contributed by atoms with Crippen molar-refractivity contribution in [3.05, 3.63) is 26.7 Å². The second-order valence-corrected chi connectivity index (χ2v) is 8.58. The van der Waals surface area contributed by atoms with E-state index in [1.54, 1.807) is 4.90 Å². The lowest BCUT2D eigenvalue weighted by Gasteiger charge is -2.36. The molecule has 2 unspecified atom stereocenters. The molecule has 1 aromatic rings. The number of halogens is 2. The third kappa shape index (κ3) is 3.18. The molecule has 0 saturated carbocycles. The number of rotatable bonds is 0. The zero-order valence-corrected chi connectivity index (χ0v) is 16.2. The van der Waals surface area contributed by atoms with Gasteiger partial charge in [-0.2, -0.15) is 0 Å². The van der Waals surface area contributed by atoms with Crippen molar-refractivity contribution in [2.75, 3.05) is 18.4 Å². The molecule has 1 aromatic carbocycles. The quantitative estimate of drug-likeness (QED) is 0.670. The van der Waals surface area contributed by atoms with E-state index >= 15 is 0 Å². The third-order valence-electron chi connectivity index (χ3n) is 4.42. The molecule has 3 rings (SSSR count). The Morgan fingerprint density at radius 2 is 2.17 bits per heavy atom. The number of aryl methyl sites for hydroxylation is 1. The van der Waals surface area contributed by atoms with Gasteiger partial charge in [0.05, 0.1) is 5.02 Å². The number of hydrogen-bond donors (Lipinski definition) is 1. The van der Waals surface area contributed by atoms with Gasteiger partial charge in [0.2, 0.25) is 0 Å². The van der Waals surface area contributed by atoms with Gasteiger partial charge >= 0.3 is 6.09 Å². The van der Waals surface area contributed by atoms with Crippen LogP contribution < -0.4 is 5.32 Å². The number of carbonyl (C=O) groups excluding carboxylic acids is 1. The van der Waals surface area contributed by atoms with E-state index in [4.69, 9.17) is 16.3 Å². The highest BCUT2D eigenvalue weighted by molar-refractivity contribution is 9.10. The molecule has 23 heavy (non-hydrogen) atoms. The fourth-order valence-corrected chi connectivity index (χ4v) is 4.26. The van der Waals surface area contributed by atoms with Crippen LogP contribution in [0.1, 0.15) is 44.2 Å². The van der Waals surface area contributed by atoms with Gasteiger partial charge in [-0.25, -0.2) is 4.79 Å². The van der Waals surface area contributed by atoms with Gasteiger partial charge in [-0.3, -0.25) is 0 Å². The standard InChI is InChI=1S/C17H22BrClN2O2/c1-9-7-11(18)14(19)13-10-8-21(16(22)23-17(2,3)4)6-5-12(10)20-15(9)13/h7,10,12,20H,5-6,8H2,1-4H3. The number of fused-ring (bicyclic) bond motifs is 3. The molecule has 0 bridgehead atoms. The Bertz CT molecular complexity index is 657. The summed E-state index contributed by atoms with van der Waals surface area (Å²) in [4.78, 5) is 14.2. The maximum atomic E-state index is 12.4. The molecule has 6 heteroatoms. The topological polar surface area (TPSA) is 41.6 Å². The minimum Gasteiger partial charge on any atom is -0.444 e. The zero-order chi connectivity index (χ0) is 16.9. The van der Waals surface area contributed by atoms with E-state index in [0.717, 1.165) is 27.2 Å². The van der Waals surface area contributed by atoms with E-state index in [9.17, 15) is 4.79 Å². The molecule has 2 aliphatic heterocycles. The Labute approximate surface area is 150 Å². The average molecular weight is 402 g/mol. The molecule has 1 N–H and O–H groups in total. The number of anilines is 1. The number of hydrogen-bond acceptors (Lipinski definition) is 3. The zero-order valence-electron chi connectivity index (χ0n) is 13.9. The van der Waals surface area contributed by atoms with Crippen LogP contribution >= 0.6 is 27.5 Å². The molecule has 1 amide bonds. The summed E-state index contributed by atoms with van der Waals surface area (Å²) in [5.74, 6) is 0.204. The molecule has 0 radical (unpaired) electrons. The summed E-state index contributed by atoms with van der Waals surface area (Å²) in [7, 11) is 0. The summed E-state index contributed by atoms with van der Waals surface area (Å²) in [5, 5.41) is 4.34. The monoisotopic (exact) mass is 400 g/mol. The smallest absolute Gasteiger partial charge is 0.410 e. The molecule has 0 aromatic heterocycles. The molecule has 126 valence electrons. The summed E-state index contributed by atoms with van der Waals surface area (Å²) >= 11 is 10.1. The lowest BCUT2D eigenvalue weighted by Crippen LogP contribution is -2.46. The molecule has 1 fully saturated rings. The largest absolute Gasteiger partial charge is 0.444 e. The molecule has 0 spiro atoms. The number of nitrogens with one attached hydrogen (secondary N) is 1. The number of piperidine rings is 1. The van der Waals surface area contributed by atoms with Crippen molar-refractivity contribution in [3.63, 3.8) is 0 Å². The van der Waals surface area contributed by atoms with Crippen LogP contribution in [0.15, 0.2) is 10.5 Å². The summed E-state index contributed by atoms with van der Waals surface area (Å²) in [6.07, 6.45) is 0.652. The minimum absolute atomic E-state index is 0.204. The lowest BCUT2D eigenvalue weighted by atomic mass is 9.89. The number of likely N-dealkylation sites (tertiary alicyclic amines) is 1. The second-order valence-electron chi connectivity index (χ2n) is 7.35. The SMILES string of the molecule is Cc1cc(Br)c(Cl)c2c1NC1CCN(C(=O)OC(C)(C)C)CC21.